The number of likely N-dealkylation sites (tertiary alicyclic amines) is 1. The van der Waals surface area contributed by atoms with E-state index in [0.717, 1.165) is 19.0 Å². The van der Waals surface area contributed by atoms with Crippen LogP contribution in [0.3, 0.4) is 0 Å². The van der Waals surface area contributed by atoms with Gasteiger partial charge in [0, 0.05) is 12.1 Å². The van der Waals surface area contributed by atoms with Crippen molar-refractivity contribution in [2.24, 2.45) is 11.7 Å². The zero-order valence-electron chi connectivity index (χ0n) is 8.89. The highest BCUT2D eigenvalue weighted by Gasteiger charge is 2.17. The van der Waals surface area contributed by atoms with Crippen LogP contribution < -0.4 is 5.73 Å². The summed E-state index contributed by atoms with van der Waals surface area (Å²) < 4.78 is 5.05. The van der Waals surface area contributed by atoms with Gasteiger partial charge in [0.1, 0.15) is 0 Å². The average Bonchev–Trinajstić information content (AvgIpc) is 2.72. The fraction of sp³-hybridized carbons (Fsp3) is 0.636. The molecule has 1 aliphatic rings. The molecule has 0 atom stereocenters. The highest BCUT2D eigenvalue weighted by molar-refractivity contribution is 5.85. The molecular weight excluding hydrogens is 212 g/mol. The molecule has 1 aromatic rings. The van der Waals surface area contributed by atoms with E-state index in [4.69, 9.17) is 10.2 Å². The van der Waals surface area contributed by atoms with Gasteiger partial charge in [0.05, 0.1) is 12.5 Å². The van der Waals surface area contributed by atoms with E-state index in [9.17, 15) is 0 Å². The summed E-state index contributed by atoms with van der Waals surface area (Å²) in [6.07, 6.45) is 6.06. The van der Waals surface area contributed by atoms with Crippen molar-refractivity contribution in [1.82, 2.24) is 4.90 Å². The lowest BCUT2D eigenvalue weighted by Gasteiger charge is -2.30. The highest BCUT2D eigenvalue weighted by atomic mass is 35.5. The summed E-state index contributed by atoms with van der Waals surface area (Å²) in [5.41, 5.74) is 6.93. The Labute approximate surface area is 97.0 Å². The van der Waals surface area contributed by atoms with Crippen LogP contribution >= 0.6 is 12.4 Å². The first-order valence-corrected chi connectivity index (χ1v) is 5.32. The normalized spacial score (nSPS) is 18.7. The van der Waals surface area contributed by atoms with Crippen LogP contribution in [-0.2, 0) is 6.54 Å². The number of nitrogens with zero attached hydrogens (tertiary/aromatic N) is 1. The van der Waals surface area contributed by atoms with Gasteiger partial charge in [-0.1, -0.05) is 0 Å². The van der Waals surface area contributed by atoms with Gasteiger partial charge in [-0.25, -0.2) is 0 Å². The van der Waals surface area contributed by atoms with Gasteiger partial charge in [0.25, 0.3) is 0 Å². The standard InChI is InChI=1S/C11H18N2O.ClH/c12-7-10-1-4-13(5-2-10)8-11-3-6-14-9-11;/h3,6,9-10H,1-2,4-5,7-8,12H2;1H. The molecule has 1 fully saturated rings. The van der Waals surface area contributed by atoms with E-state index in [2.05, 4.69) is 4.90 Å². The lowest BCUT2D eigenvalue weighted by Crippen LogP contribution is -2.35. The van der Waals surface area contributed by atoms with Gasteiger partial charge in [-0.15, -0.1) is 12.4 Å². The molecule has 86 valence electrons. The first-order valence-electron chi connectivity index (χ1n) is 5.32. The Balaban J connectivity index is 0.00000112. The monoisotopic (exact) mass is 230 g/mol. The SMILES string of the molecule is Cl.NCC1CCN(Cc2ccoc2)CC1. The van der Waals surface area contributed by atoms with Crippen molar-refractivity contribution in [3.63, 3.8) is 0 Å². The van der Waals surface area contributed by atoms with Crippen LogP contribution in [0.5, 0.6) is 0 Å². The molecule has 2 rings (SSSR count). The molecule has 1 saturated heterocycles. The van der Waals surface area contributed by atoms with E-state index in [1.165, 1.54) is 31.5 Å². The molecule has 2 N–H and O–H groups in total. The van der Waals surface area contributed by atoms with Gasteiger partial charge in [0.2, 0.25) is 0 Å². The predicted molar refractivity (Wildman–Crippen MR) is 63.0 cm³/mol. The Morgan fingerprint density at radius 3 is 2.67 bits per heavy atom. The Bertz CT molecular complexity index is 256. The summed E-state index contributed by atoms with van der Waals surface area (Å²) in [6, 6.07) is 2.04. The Morgan fingerprint density at radius 2 is 2.13 bits per heavy atom. The van der Waals surface area contributed by atoms with Gasteiger partial charge < -0.3 is 10.2 Å². The number of halogens is 1. The van der Waals surface area contributed by atoms with Crippen LogP contribution in [0, 0.1) is 5.92 Å². The minimum absolute atomic E-state index is 0. The van der Waals surface area contributed by atoms with Crippen molar-refractivity contribution < 1.29 is 4.42 Å². The third kappa shape index (κ3) is 3.52. The maximum Gasteiger partial charge on any atom is 0.0947 e. The number of rotatable bonds is 3. The highest BCUT2D eigenvalue weighted by Crippen LogP contribution is 2.17. The first-order chi connectivity index (χ1) is 6.88. The third-order valence-corrected chi connectivity index (χ3v) is 3.03. The van der Waals surface area contributed by atoms with Gasteiger partial charge in [0.15, 0.2) is 0 Å². The lowest BCUT2D eigenvalue weighted by atomic mass is 9.97. The topological polar surface area (TPSA) is 42.4 Å². The van der Waals surface area contributed by atoms with Gasteiger partial charge >= 0.3 is 0 Å². The summed E-state index contributed by atoms with van der Waals surface area (Å²) in [6.45, 7) is 4.22. The molecule has 0 bridgehead atoms. The van der Waals surface area contributed by atoms with Crippen molar-refractivity contribution in [3.8, 4) is 0 Å². The molecule has 3 nitrogen and oxygen atoms in total. The average molecular weight is 231 g/mol. The quantitative estimate of drug-likeness (QED) is 0.862. The second kappa shape index (κ2) is 6.16. The van der Waals surface area contributed by atoms with Gasteiger partial charge in [-0.05, 0) is 44.5 Å². The largest absolute Gasteiger partial charge is 0.472 e. The molecule has 0 saturated carbocycles. The zero-order chi connectivity index (χ0) is 9.80. The van der Waals surface area contributed by atoms with Crippen LogP contribution in [0.15, 0.2) is 23.0 Å². The molecular formula is C11H19ClN2O. The van der Waals surface area contributed by atoms with Crippen LogP contribution in [0.1, 0.15) is 18.4 Å². The van der Waals surface area contributed by atoms with Gasteiger partial charge in [-0.3, -0.25) is 4.90 Å². The van der Waals surface area contributed by atoms with Crippen LogP contribution in [0.25, 0.3) is 0 Å². The molecule has 1 aliphatic heterocycles. The molecule has 0 spiro atoms. The second-order valence-corrected chi connectivity index (χ2v) is 4.09. The summed E-state index contributed by atoms with van der Waals surface area (Å²) in [4.78, 5) is 2.47. The van der Waals surface area contributed by atoms with Crippen LogP contribution in [0.2, 0.25) is 0 Å². The summed E-state index contributed by atoms with van der Waals surface area (Å²) in [7, 11) is 0. The predicted octanol–water partition coefficient (Wildman–Crippen LogP) is 1.87. The van der Waals surface area contributed by atoms with Crippen molar-refractivity contribution in [2.45, 2.75) is 19.4 Å². The molecule has 4 heteroatoms. The summed E-state index contributed by atoms with van der Waals surface area (Å²) in [5.74, 6) is 0.746. The zero-order valence-corrected chi connectivity index (χ0v) is 9.71. The Morgan fingerprint density at radius 1 is 1.40 bits per heavy atom. The molecule has 15 heavy (non-hydrogen) atoms. The van der Waals surface area contributed by atoms with Crippen LogP contribution in [0.4, 0.5) is 0 Å². The lowest BCUT2D eigenvalue weighted by molar-refractivity contribution is 0.180. The Hall–Kier alpha value is -0.510. The number of hydrogen-bond donors (Lipinski definition) is 1. The summed E-state index contributed by atoms with van der Waals surface area (Å²) >= 11 is 0. The van der Waals surface area contributed by atoms with E-state index in [0.29, 0.717) is 0 Å². The van der Waals surface area contributed by atoms with E-state index in [1.54, 1.807) is 6.26 Å². The number of nitrogens with two attached hydrogens (primary N) is 1. The minimum Gasteiger partial charge on any atom is -0.472 e. The summed E-state index contributed by atoms with van der Waals surface area (Å²) in [5, 5.41) is 0. The number of hydrogen-bond acceptors (Lipinski definition) is 3. The maximum absolute atomic E-state index is 5.65. The van der Waals surface area contributed by atoms with Crippen molar-refractivity contribution in [3.05, 3.63) is 24.2 Å². The van der Waals surface area contributed by atoms with E-state index < -0.39 is 0 Å². The maximum atomic E-state index is 5.65. The van der Waals surface area contributed by atoms with Crippen molar-refractivity contribution >= 4 is 12.4 Å². The third-order valence-electron chi connectivity index (χ3n) is 3.03. The van der Waals surface area contributed by atoms with E-state index in [1.807, 2.05) is 12.3 Å². The van der Waals surface area contributed by atoms with Crippen molar-refractivity contribution in [1.29, 1.82) is 0 Å². The fourth-order valence-electron chi connectivity index (χ4n) is 2.02. The van der Waals surface area contributed by atoms with E-state index >= 15 is 0 Å². The second-order valence-electron chi connectivity index (χ2n) is 4.09. The molecule has 0 amide bonds. The minimum atomic E-state index is 0. The van der Waals surface area contributed by atoms with E-state index in [-0.39, 0.29) is 12.4 Å². The molecule has 0 unspecified atom stereocenters. The Kier molecular flexibility index (Phi) is 5.15. The molecule has 0 aliphatic carbocycles. The fourth-order valence-corrected chi connectivity index (χ4v) is 2.02. The number of furan rings is 1. The van der Waals surface area contributed by atoms with Crippen LogP contribution in [-0.4, -0.2) is 24.5 Å². The van der Waals surface area contributed by atoms with Crippen molar-refractivity contribution in [2.75, 3.05) is 19.6 Å². The van der Waals surface area contributed by atoms with Gasteiger partial charge in [-0.2, -0.15) is 0 Å². The smallest absolute Gasteiger partial charge is 0.0947 e. The first kappa shape index (κ1) is 12.6. The number of piperidine rings is 1. The molecule has 1 aromatic heterocycles. The molecule has 0 aromatic carbocycles. The molecule has 0 radical (unpaired) electrons. The molecule has 2 heterocycles.